The van der Waals surface area contributed by atoms with Gasteiger partial charge in [0.05, 0.1) is 24.1 Å². The Hall–Kier alpha value is -3.04. The van der Waals surface area contributed by atoms with Gasteiger partial charge in [0.1, 0.15) is 0 Å². The Labute approximate surface area is 181 Å². The summed E-state index contributed by atoms with van der Waals surface area (Å²) in [5, 5.41) is 15.5. The minimum absolute atomic E-state index is 0.0828. The van der Waals surface area contributed by atoms with Crippen molar-refractivity contribution in [3.63, 3.8) is 0 Å². The van der Waals surface area contributed by atoms with Crippen LogP contribution >= 0.6 is 11.6 Å². The third-order valence-corrected chi connectivity index (χ3v) is 5.51. The van der Waals surface area contributed by atoms with Gasteiger partial charge in [0.25, 0.3) is 0 Å². The van der Waals surface area contributed by atoms with Crippen molar-refractivity contribution in [2.45, 2.75) is 38.3 Å². The van der Waals surface area contributed by atoms with Gasteiger partial charge in [-0.05, 0) is 54.8 Å². The van der Waals surface area contributed by atoms with Crippen LogP contribution in [0.1, 0.15) is 43.4 Å². The summed E-state index contributed by atoms with van der Waals surface area (Å²) in [5.74, 6) is -0.265. The lowest BCUT2D eigenvalue weighted by molar-refractivity contribution is -0.123. The van der Waals surface area contributed by atoms with E-state index in [-0.39, 0.29) is 24.3 Å². The second-order valence-corrected chi connectivity index (χ2v) is 7.93. The number of benzene rings is 2. The number of hydrogen-bond acceptors (Lipinski definition) is 4. The SMILES string of the molecule is CC(=O)NC(CC(=O)NC1CCN(c2ccc(C#N)cc2)CC1)c1ccc(Cl)cc1. The van der Waals surface area contributed by atoms with Gasteiger partial charge in [0.2, 0.25) is 11.8 Å². The highest BCUT2D eigenvalue weighted by Crippen LogP contribution is 2.22. The van der Waals surface area contributed by atoms with Crippen LogP contribution < -0.4 is 15.5 Å². The normalized spacial score (nSPS) is 15.2. The molecule has 156 valence electrons. The highest BCUT2D eigenvalue weighted by molar-refractivity contribution is 6.30. The minimum atomic E-state index is -0.390. The van der Waals surface area contributed by atoms with E-state index in [2.05, 4.69) is 21.6 Å². The molecule has 3 rings (SSSR count). The van der Waals surface area contributed by atoms with Gasteiger partial charge < -0.3 is 15.5 Å². The van der Waals surface area contributed by atoms with Crippen LogP contribution in [-0.4, -0.2) is 30.9 Å². The molecule has 0 spiro atoms. The summed E-state index contributed by atoms with van der Waals surface area (Å²) in [7, 11) is 0. The van der Waals surface area contributed by atoms with Crippen LogP contribution in [-0.2, 0) is 9.59 Å². The zero-order chi connectivity index (χ0) is 21.5. The van der Waals surface area contributed by atoms with Crippen LogP contribution in [0.15, 0.2) is 48.5 Å². The van der Waals surface area contributed by atoms with Gasteiger partial charge in [-0.25, -0.2) is 0 Å². The van der Waals surface area contributed by atoms with Crippen molar-refractivity contribution in [1.82, 2.24) is 10.6 Å². The standard InChI is InChI=1S/C23H25ClN4O2/c1-16(29)26-22(18-4-6-19(24)7-5-18)14-23(30)27-20-10-12-28(13-11-20)21-8-2-17(15-25)3-9-21/h2-9,20,22H,10-14H2,1H3,(H,26,29)(H,27,30). The van der Waals surface area contributed by atoms with E-state index in [1.54, 1.807) is 12.1 Å². The predicted molar refractivity (Wildman–Crippen MR) is 117 cm³/mol. The Balaban J connectivity index is 1.53. The first-order valence-electron chi connectivity index (χ1n) is 10.0. The number of anilines is 1. The molecule has 1 aliphatic heterocycles. The maximum absolute atomic E-state index is 12.6. The summed E-state index contributed by atoms with van der Waals surface area (Å²) >= 11 is 5.94. The number of piperidine rings is 1. The first kappa shape index (κ1) is 21.7. The van der Waals surface area contributed by atoms with E-state index in [0.717, 1.165) is 37.2 Å². The Morgan fingerprint density at radius 2 is 1.77 bits per heavy atom. The first-order valence-corrected chi connectivity index (χ1v) is 10.4. The molecule has 0 aromatic heterocycles. The van der Waals surface area contributed by atoms with E-state index in [1.165, 1.54) is 6.92 Å². The van der Waals surface area contributed by atoms with Gasteiger partial charge in [0.15, 0.2) is 0 Å². The third-order valence-electron chi connectivity index (χ3n) is 5.26. The molecule has 2 N–H and O–H groups in total. The number of carbonyl (C=O) groups excluding carboxylic acids is 2. The second kappa shape index (κ2) is 10.1. The van der Waals surface area contributed by atoms with Crippen molar-refractivity contribution in [2.24, 2.45) is 0 Å². The zero-order valence-electron chi connectivity index (χ0n) is 16.9. The third kappa shape index (κ3) is 5.98. The predicted octanol–water partition coefficient (Wildman–Crippen LogP) is 3.56. The molecule has 0 bridgehead atoms. The quantitative estimate of drug-likeness (QED) is 0.742. The molecular weight excluding hydrogens is 400 g/mol. The minimum Gasteiger partial charge on any atom is -0.371 e. The molecule has 1 fully saturated rings. The maximum atomic E-state index is 12.6. The smallest absolute Gasteiger partial charge is 0.222 e. The van der Waals surface area contributed by atoms with Crippen molar-refractivity contribution in [2.75, 3.05) is 18.0 Å². The number of nitrogens with zero attached hydrogens (tertiary/aromatic N) is 2. The number of halogens is 1. The monoisotopic (exact) mass is 424 g/mol. The van der Waals surface area contributed by atoms with Crippen LogP contribution in [0, 0.1) is 11.3 Å². The molecule has 0 aliphatic carbocycles. The van der Waals surface area contributed by atoms with Crippen molar-refractivity contribution < 1.29 is 9.59 Å². The average molecular weight is 425 g/mol. The molecule has 1 saturated heterocycles. The number of nitriles is 1. The van der Waals surface area contributed by atoms with Gasteiger partial charge in [-0.2, -0.15) is 5.26 Å². The fraction of sp³-hybridized carbons (Fsp3) is 0.348. The lowest BCUT2D eigenvalue weighted by Crippen LogP contribution is -2.45. The van der Waals surface area contributed by atoms with Gasteiger partial charge in [-0.3, -0.25) is 9.59 Å². The van der Waals surface area contributed by atoms with Crippen molar-refractivity contribution in [1.29, 1.82) is 5.26 Å². The summed E-state index contributed by atoms with van der Waals surface area (Å²) in [6, 6.07) is 16.6. The van der Waals surface area contributed by atoms with Crippen LogP contribution in [0.25, 0.3) is 0 Å². The Kier molecular flexibility index (Phi) is 7.31. The summed E-state index contributed by atoms with van der Waals surface area (Å²) in [6.07, 6.45) is 1.87. The molecule has 1 atom stereocenters. The Bertz CT molecular complexity index is 914. The highest BCUT2D eigenvalue weighted by atomic mass is 35.5. The van der Waals surface area contributed by atoms with Gasteiger partial charge in [-0.1, -0.05) is 23.7 Å². The highest BCUT2D eigenvalue weighted by Gasteiger charge is 2.23. The van der Waals surface area contributed by atoms with E-state index in [1.807, 2.05) is 36.4 Å². The van der Waals surface area contributed by atoms with Gasteiger partial charge >= 0.3 is 0 Å². The molecule has 30 heavy (non-hydrogen) atoms. The van der Waals surface area contributed by atoms with Crippen LogP contribution in [0.3, 0.4) is 0 Å². The fourth-order valence-corrected chi connectivity index (χ4v) is 3.82. The summed E-state index contributed by atoms with van der Waals surface area (Å²) in [5.41, 5.74) is 2.59. The molecule has 1 heterocycles. The zero-order valence-corrected chi connectivity index (χ0v) is 17.7. The Morgan fingerprint density at radius 3 is 2.33 bits per heavy atom. The van der Waals surface area contributed by atoms with Crippen molar-refractivity contribution in [3.05, 3.63) is 64.7 Å². The van der Waals surface area contributed by atoms with E-state index in [0.29, 0.717) is 10.6 Å². The van der Waals surface area contributed by atoms with Crippen LogP contribution in [0.4, 0.5) is 5.69 Å². The molecule has 2 aromatic rings. The molecule has 2 aromatic carbocycles. The molecule has 0 radical (unpaired) electrons. The van der Waals surface area contributed by atoms with Crippen molar-refractivity contribution >= 4 is 29.1 Å². The molecule has 6 nitrogen and oxygen atoms in total. The summed E-state index contributed by atoms with van der Waals surface area (Å²) < 4.78 is 0. The number of nitrogens with one attached hydrogen (secondary N) is 2. The molecule has 7 heteroatoms. The second-order valence-electron chi connectivity index (χ2n) is 7.50. The van der Waals surface area contributed by atoms with Gasteiger partial charge in [-0.15, -0.1) is 0 Å². The van der Waals surface area contributed by atoms with Crippen molar-refractivity contribution in [3.8, 4) is 6.07 Å². The van der Waals surface area contributed by atoms with E-state index in [9.17, 15) is 9.59 Å². The molecule has 0 saturated carbocycles. The average Bonchev–Trinajstić information content (AvgIpc) is 2.74. The van der Waals surface area contributed by atoms with E-state index >= 15 is 0 Å². The Morgan fingerprint density at radius 1 is 1.13 bits per heavy atom. The fourth-order valence-electron chi connectivity index (χ4n) is 3.69. The lowest BCUT2D eigenvalue weighted by Gasteiger charge is -2.34. The molecule has 1 unspecified atom stereocenters. The lowest BCUT2D eigenvalue weighted by atomic mass is 10.0. The summed E-state index contributed by atoms with van der Waals surface area (Å²) in [4.78, 5) is 26.5. The number of hydrogen-bond donors (Lipinski definition) is 2. The molecule has 1 aliphatic rings. The van der Waals surface area contributed by atoms with Crippen LogP contribution in [0.2, 0.25) is 5.02 Å². The summed E-state index contributed by atoms with van der Waals surface area (Å²) in [6.45, 7) is 3.12. The van der Waals surface area contributed by atoms with E-state index in [4.69, 9.17) is 16.9 Å². The number of amides is 2. The van der Waals surface area contributed by atoms with E-state index < -0.39 is 6.04 Å². The van der Waals surface area contributed by atoms with Crippen LogP contribution in [0.5, 0.6) is 0 Å². The maximum Gasteiger partial charge on any atom is 0.222 e. The topological polar surface area (TPSA) is 85.2 Å². The van der Waals surface area contributed by atoms with Gasteiger partial charge in [0, 0.05) is 36.8 Å². The number of carbonyl (C=O) groups is 2. The largest absolute Gasteiger partial charge is 0.371 e. The molecular formula is C23H25ClN4O2. The number of rotatable bonds is 6. The first-order chi connectivity index (χ1) is 14.4. The molecule has 2 amide bonds.